The lowest BCUT2D eigenvalue weighted by Crippen LogP contribution is -2.51. The van der Waals surface area contributed by atoms with Crippen LogP contribution in [0.3, 0.4) is 0 Å². The first kappa shape index (κ1) is 21.0. The zero-order chi connectivity index (χ0) is 22.3. The van der Waals surface area contributed by atoms with Gasteiger partial charge in [-0.3, -0.25) is 14.7 Å². The molecule has 2 aromatic carbocycles. The van der Waals surface area contributed by atoms with Crippen molar-refractivity contribution in [2.45, 2.75) is 51.6 Å². The van der Waals surface area contributed by atoms with E-state index in [9.17, 15) is 4.79 Å². The molecule has 3 heterocycles. The Labute approximate surface area is 189 Å². The molecule has 2 aliphatic rings. The number of fused-ring (bicyclic) bond motifs is 1. The van der Waals surface area contributed by atoms with Crippen LogP contribution in [0.1, 0.15) is 45.6 Å². The van der Waals surface area contributed by atoms with Crippen LogP contribution in [0.25, 0.3) is 22.1 Å². The normalized spacial score (nSPS) is 18.8. The van der Waals surface area contributed by atoms with Crippen molar-refractivity contribution in [3.05, 3.63) is 60.4 Å². The van der Waals surface area contributed by atoms with Crippen molar-refractivity contribution < 1.29 is 9.21 Å². The van der Waals surface area contributed by atoms with Crippen molar-refractivity contribution in [1.29, 1.82) is 0 Å². The quantitative estimate of drug-likeness (QED) is 0.550. The second kappa shape index (κ2) is 8.21. The zero-order valence-electron chi connectivity index (χ0n) is 19.2. The van der Waals surface area contributed by atoms with Crippen LogP contribution in [0, 0.1) is 0 Å². The molecule has 1 fully saturated rings. The van der Waals surface area contributed by atoms with Gasteiger partial charge in [0.25, 0.3) is 5.91 Å². The molecule has 0 atom stereocenters. The Bertz CT molecular complexity index is 1150. The molecule has 3 aromatic rings. The Hall–Kier alpha value is -2.92. The highest BCUT2D eigenvalue weighted by Crippen LogP contribution is 2.36. The van der Waals surface area contributed by atoms with Crippen LogP contribution < -0.4 is 0 Å². The number of amides is 1. The number of rotatable bonds is 5. The van der Waals surface area contributed by atoms with E-state index in [1.54, 1.807) is 6.26 Å². The molecular formula is C27H31N3O2. The summed E-state index contributed by atoms with van der Waals surface area (Å²) in [6.45, 7) is 9.13. The second-order valence-electron chi connectivity index (χ2n) is 9.30. The number of aliphatic imine (C=N–C) groups is 1. The number of amidine groups is 1. The van der Waals surface area contributed by atoms with Gasteiger partial charge in [-0.15, -0.1) is 0 Å². The maximum atomic E-state index is 13.5. The maximum absolute atomic E-state index is 13.5. The van der Waals surface area contributed by atoms with E-state index in [2.05, 4.69) is 62.1 Å². The van der Waals surface area contributed by atoms with Gasteiger partial charge in [-0.05, 0) is 62.4 Å². The van der Waals surface area contributed by atoms with E-state index < -0.39 is 5.54 Å². The lowest BCUT2D eigenvalue weighted by atomic mass is 9.87. The zero-order valence-corrected chi connectivity index (χ0v) is 19.2. The molecular weight excluding hydrogens is 398 g/mol. The third kappa shape index (κ3) is 3.55. The summed E-state index contributed by atoms with van der Waals surface area (Å²) in [5.74, 6) is 1.03. The molecule has 5 nitrogen and oxygen atoms in total. The molecule has 5 rings (SSSR count). The molecule has 5 heteroatoms. The Balaban J connectivity index is 1.44. The molecule has 1 spiro atoms. The summed E-state index contributed by atoms with van der Waals surface area (Å²) < 4.78 is 5.46. The number of furan rings is 1. The van der Waals surface area contributed by atoms with Crippen molar-refractivity contribution >= 4 is 22.7 Å². The van der Waals surface area contributed by atoms with Gasteiger partial charge in [0.05, 0.1) is 6.26 Å². The number of hydrogen-bond acceptors (Lipinski definition) is 4. The van der Waals surface area contributed by atoms with Gasteiger partial charge >= 0.3 is 0 Å². The van der Waals surface area contributed by atoms with Crippen LogP contribution in [-0.2, 0) is 4.79 Å². The van der Waals surface area contributed by atoms with Crippen LogP contribution >= 0.6 is 0 Å². The number of hydrogen-bond donors (Lipinski definition) is 0. The average Bonchev–Trinajstić information content (AvgIpc) is 3.38. The molecule has 2 aliphatic heterocycles. The second-order valence-corrected chi connectivity index (χ2v) is 9.30. The Morgan fingerprint density at radius 1 is 1.00 bits per heavy atom. The Kier molecular flexibility index (Phi) is 5.38. The first-order chi connectivity index (χ1) is 15.5. The van der Waals surface area contributed by atoms with E-state index in [4.69, 9.17) is 9.41 Å². The molecule has 0 saturated carbocycles. The van der Waals surface area contributed by atoms with Gasteiger partial charge in [-0.25, -0.2) is 0 Å². The predicted molar refractivity (Wildman–Crippen MR) is 129 cm³/mol. The molecule has 166 valence electrons. The number of piperidine rings is 1. The monoisotopic (exact) mass is 429 g/mol. The molecule has 32 heavy (non-hydrogen) atoms. The summed E-state index contributed by atoms with van der Waals surface area (Å²) in [5, 5.41) is 1.10. The number of nitrogens with zero attached hydrogens (tertiary/aromatic N) is 3. The van der Waals surface area contributed by atoms with Gasteiger partial charge < -0.3 is 9.32 Å². The molecule has 0 unspecified atom stereocenters. The number of carbonyl (C=O) groups is 1. The number of benzene rings is 2. The first-order valence-corrected chi connectivity index (χ1v) is 11.7. The van der Waals surface area contributed by atoms with Crippen molar-refractivity contribution in [2.75, 3.05) is 19.6 Å². The summed E-state index contributed by atoms with van der Waals surface area (Å²) in [5.41, 5.74) is 3.62. The van der Waals surface area contributed by atoms with E-state index >= 15 is 0 Å². The lowest BCUT2D eigenvalue weighted by molar-refractivity contribution is -0.133. The molecule has 0 aliphatic carbocycles. The summed E-state index contributed by atoms with van der Waals surface area (Å²) in [6.07, 6.45) is 4.24. The standard InChI is InChI=1S/C27H31N3O2/c1-4-14-30-25(28-27(26(30)31)12-15-29(16-13-27)19(2)3)21-7-5-20(6-8-21)22-9-10-24-23(18-22)11-17-32-24/h5-11,17-19H,4,12-16H2,1-3H3. The van der Waals surface area contributed by atoms with Gasteiger partial charge in [-0.2, -0.15) is 0 Å². The summed E-state index contributed by atoms with van der Waals surface area (Å²) >= 11 is 0. The highest BCUT2D eigenvalue weighted by Gasteiger charge is 2.49. The summed E-state index contributed by atoms with van der Waals surface area (Å²) in [4.78, 5) is 23.0. The van der Waals surface area contributed by atoms with Crippen molar-refractivity contribution in [3.63, 3.8) is 0 Å². The minimum Gasteiger partial charge on any atom is -0.464 e. The SMILES string of the molecule is CCCN1C(=O)C2(CCN(C(C)C)CC2)N=C1c1ccc(-c2ccc3occc3c2)cc1. The Morgan fingerprint density at radius 2 is 1.69 bits per heavy atom. The van der Waals surface area contributed by atoms with E-state index in [0.717, 1.165) is 65.8 Å². The van der Waals surface area contributed by atoms with Crippen molar-refractivity contribution in [3.8, 4) is 11.1 Å². The molecule has 0 bridgehead atoms. The van der Waals surface area contributed by atoms with Crippen LogP contribution in [0.15, 0.2) is 64.2 Å². The minimum absolute atomic E-state index is 0.187. The predicted octanol–water partition coefficient (Wildman–Crippen LogP) is 5.34. The number of likely N-dealkylation sites (tertiary alicyclic amines) is 1. The summed E-state index contributed by atoms with van der Waals surface area (Å²) in [7, 11) is 0. The van der Waals surface area contributed by atoms with Gasteiger partial charge in [0.2, 0.25) is 0 Å². The van der Waals surface area contributed by atoms with Gasteiger partial charge in [0, 0.05) is 36.6 Å². The van der Waals surface area contributed by atoms with E-state index in [0.29, 0.717) is 12.6 Å². The van der Waals surface area contributed by atoms with E-state index in [1.807, 2.05) is 17.0 Å². The molecule has 0 radical (unpaired) electrons. The molecule has 1 saturated heterocycles. The van der Waals surface area contributed by atoms with Crippen LogP contribution in [0.5, 0.6) is 0 Å². The highest BCUT2D eigenvalue weighted by molar-refractivity contribution is 6.15. The molecule has 0 N–H and O–H groups in total. The van der Waals surface area contributed by atoms with Crippen LogP contribution in [-0.4, -0.2) is 52.8 Å². The summed E-state index contributed by atoms with van der Waals surface area (Å²) in [6, 6.07) is 17.2. The molecule has 1 amide bonds. The first-order valence-electron chi connectivity index (χ1n) is 11.7. The van der Waals surface area contributed by atoms with Gasteiger partial charge in [0.1, 0.15) is 17.0 Å². The fraction of sp³-hybridized carbons (Fsp3) is 0.407. The maximum Gasteiger partial charge on any atom is 0.256 e. The minimum atomic E-state index is -0.582. The Morgan fingerprint density at radius 3 is 2.38 bits per heavy atom. The smallest absolute Gasteiger partial charge is 0.256 e. The number of carbonyl (C=O) groups excluding carboxylic acids is 1. The fourth-order valence-corrected chi connectivity index (χ4v) is 5.00. The lowest BCUT2D eigenvalue weighted by Gasteiger charge is -2.38. The molecule has 1 aromatic heterocycles. The van der Waals surface area contributed by atoms with Crippen LogP contribution in [0.4, 0.5) is 0 Å². The van der Waals surface area contributed by atoms with Crippen LogP contribution in [0.2, 0.25) is 0 Å². The van der Waals surface area contributed by atoms with Gasteiger partial charge in [-0.1, -0.05) is 37.3 Å². The third-order valence-corrected chi connectivity index (χ3v) is 6.95. The van der Waals surface area contributed by atoms with Crippen molar-refractivity contribution in [2.24, 2.45) is 4.99 Å². The van der Waals surface area contributed by atoms with E-state index in [1.165, 1.54) is 0 Å². The highest BCUT2D eigenvalue weighted by atomic mass is 16.3. The van der Waals surface area contributed by atoms with Gasteiger partial charge in [0.15, 0.2) is 0 Å². The topological polar surface area (TPSA) is 49.1 Å². The van der Waals surface area contributed by atoms with E-state index in [-0.39, 0.29) is 5.91 Å². The largest absolute Gasteiger partial charge is 0.464 e. The van der Waals surface area contributed by atoms with Crippen molar-refractivity contribution in [1.82, 2.24) is 9.80 Å². The third-order valence-electron chi connectivity index (χ3n) is 6.95. The fourth-order valence-electron chi connectivity index (χ4n) is 5.00. The average molecular weight is 430 g/mol.